The maximum atomic E-state index is 5.89. The van der Waals surface area contributed by atoms with Crippen molar-refractivity contribution in [3.05, 3.63) is 29.8 Å². The summed E-state index contributed by atoms with van der Waals surface area (Å²) in [7, 11) is 1.68. The van der Waals surface area contributed by atoms with Gasteiger partial charge in [-0.05, 0) is 44.4 Å². The second-order valence-electron chi connectivity index (χ2n) is 5.05. The smallest absolute Gasteiger partial charge is 0.166 e. The van der Waals surface area contributed by atoms with Crippen LogP contribution in [0, 0.1) is 0 Å². The van der Waals surface area contributed by atoms with Gasteiger partial charge in [-0.3, -0.25) is 0 Å². The van der Waals surface area contributed by atoms with E-state index in [-0.39, 0.29) is 0 Å². The molecule has 1 aromatic rings. The summed E-state index contributed by atoms with van der Waals surface area (Å²) in [5, 5.41) is 0. The fourth-order valence-corrected chi connectivity index (χ4v) is 2.25. The Balaban J connectivity index is 1.89. The van der Waals surface area contributed by atoms with Crippen molar-refractivity contribution in [1.29, 1.82) is 0 Å². The molecule has 3 heteroatoms. The molecule has 0 bridgehead atoms. The molecule has 18 heavy (non-hydrogen) atoms. The van der Waals surface area contributed by atoms with Gasteiger partial charge >= 0.3 is 0 Å². The summed E-state index contributed by atoms with van der Waals surface area (Å²) in [5.41, 5.74) is 1.28. The first-order chi connectivity index (χ1) is 8.61. The molecule has 100 valence electrons. The molecule has 2 atom stereocenters. The van der Waals surface area contributed by atoms with E-state index in [0.717, 1.165) is 31.6 Å². The van der Waals surface area contributed by atoms with Crippen LogP contribution in [0.4, 0.5) is 0 Å². The number of hydrogen-bond donors (Lipinski definition) is 0. The van der Waals surface area contributed by atoms with E-state index in [1.54, 1.807) is 7.11 Å². The molecule has 0 aromatic heterocycles. The molecular weight excluding hydrogens is 228 g/mol. The zero-order chi connectivity index (χ0) is 13.0. The van der Waals surface area contributed by atoms with Crippen molar-refractivity contribution < 1.29 is 14.2 Å². The number of rotatable bonds is 4. The predicted molar refractivity (Wildman–Crippen MR) is 70.8 cm³/mol. The Labute approximate surface area is 109 Å². The molecule has 1 aromatic carbocycles. The lowest BCUT2D eigenvalue weighted by atomic mass is 10.0. The van der Waals surface area contributed by atoms with Gasteiger partial charge in [-0.2, -0.15) is 0 Å². The molecule has 0 radical (unpaired) electrons. The minimum absolute atomic E-state index is 0.291. The van der Waals surface area contributed by atoms with E-state index in [1.807, 2.05) is 19.1 Å². The van der Waals surface area contributed by atoms with Crippen LogP contribution in [0.5, 0.6) is 5.75 Å². The average Bonchev–Trinajstić information content (AvgIpc) is 2.37. The molecule has 1 fully saturated rings. The molecule has 1 heterocycles. The van der Waals surface area contributed by atoms with Crippen LogP contribution < -0.4 is 4.74 Å². The Morgan fingerprint density at radius 1 is 1.33 bits per heavy atom. The van der Waals surface area contributed by atoms with Crippen LogP contribution in [0.25, 0.3) is 0 Å². The van der Waals surface area contributed by atoms with Gasteiger partial charge in [-0.25, -0.2) is 0 Å². The van der Waals surface area contributed by atoms with E-state index in [2.05, 4.69) is 19.1 Å². The molecule has 0 aliphatic carbocycles. The lowest BCUT2D eigenvalue weighted by Crippen LogP contribution is -2.41. The summed E-state index contributed by atoms with van der Waals surface area (Å²) in [6.07, 6.45) is 3.11. The maximum absolute atomic E-state index is 5.89. The van der Waals surface area contributed by atoms with Gasteiger partial charge in [0.15, 0.2) is 5.79 Å². The highest BCUT2D eigenvalue weighted by Gasteiger charge is 2.31. The third-order valence-electron chi connectivity index (χ3n) is 3.41. The number of aryl methyl sites for hydroxylation is 1. The minimum Gasteiger partial charge on any atom is -0.497 e. The van der Waals surface area contributed by atoms with Gasteiger partial charge in [0.05, 0.1) is 19.8 Å². The number of benzene rings is 1. The fourth-order valence-electron chi connectivity index (χ4n) is 2.25. The molecule has 1 saturated heterocycles. The Kier molecular flexibility index (Phi) is 4.25. The van der Waals surface area contributed by atoms with Crippen molar-refractivity contribution in [1.82, 2.24) is 0 Å². The van der Waals surface area contributed by atoms with Gasteiger partial charge in [0.2, 0.25) is 0 Å². The van der Waals surface area contributed by atoms with E-state index < -0.39 is 5.79 Å². The van der Waals surface area contributed by atoms with E-state index in [1.165, 1.54) is 5.56 Å². The van der Waals surface area contributed by atoms with Gasteiger partial charge < -0.3 is 14.2 Å². The molecule has 0 amide bonds. The Morgan fingerprint density at radius 2 is 2.06 bits per heavy atom. The minimum atomic E-state index is -0.433. The number of methoxy groups -OCH3 is 1. The van der Waals surface area contributed by atoms with E-state index >= 15 is 0 Å². The third-order valence-corrected chi connectivity index (χ3v) is 3.41. The standard InChI is InChI=1S/C15H22O3/c1-12-9-11-17-15(2,18-12)10-8-13-4-6-14(16-3)7-5-13/h4-7,12H,8-11H2,1-3H3/t12-,15+/m0/s1. The first-order valence-electron chi connectivity index (χ1n) is 6.56. The third kappa shape index (κ3) is 3.47. The largest absolute Gasteiger partial charge is 0.497 e. The molecular formula is C15H22O3. The number of ether oxygens (including phenoxy) is 3. The maximum Gasteiger partial charge on any atom is 0.166 e. The average molecular weight is 250 g/mol. The lowest BCUT2D eigenvalue weighted by Gasteiger charge is -2.37. The van der Waals surface area contributed by atoms with Crippen LogP contribution >= 0.6 is 0 Å². The lowest BCUT2D eigenvalue weighted by molar-refractivity contribution is -0.282. The van der Waals surface area contributed by atoms with Crippen LogP contribution in [0.2, 0.25) is 0 Å². The first-order valence-corrected chi connectivity index (χ1v) is 6.56. The Hall–Kier alpha value is -1.06. The van der Waals surface area contributed by atoms with Crippen molar-refractivity contribution >= 4 is 0 Å². The monoisotopic (exact) mass is 250 g/mol. The molecule has 2 rings (SSSR count). The highest BCUT2D eigenvalue weighted by Crippen LogP contribution is 2.27. The van der Waals surface area contributed by atoms with E-state index in [0.29, 0.717) is 6.10 Å². The van der Waals surface area contributed by atoms with Crippen LogP contribution in [0.1, 0.15) is 32.3 Å². The zero-order valence-electron chi connectivity index (χ0n) is 11.4. The molecule has 0 unspecified atom stereocenters. The van der Waals surface area contributed by atoms with Gasteiger partial charge in [-0.15, -0.1) is 0 Å². The predicted octanol–water partition coefficient (Wildman–Crippen LogP) is 3.17. The molecule has 0 spiro atoms. The second-order valence-corrected chi connectivity index (χ2v) is 5.05. The summed E-state index contributed by atoms with van der Waals surface area (Å²) >= 11 is 0. The molecule has 1 aliphatic heterocycles. The van der Waals surface area contributed by atoms with Crippen LogP contribution in [0.15, 0.2) is 24.3 Å². The van der Waals surface area contributed by atoms with Crippen molar-refractivity contribution in [2.75, 3.05) is 13.7 Å². The van der Waals surface area contributed by atoms with E-state index in [4.69, 9.17) is 14.2 Å². The van der Waals surface area contributed by atoms with Gasteiger partial charge in [-0.1, -0.05) is 12.1 Å². The van der Waals surface area contributed by atoms with Crippen molar-refractivity contribution in [3.8, 4) is 5.75 Å². The van der Waals surface area contributed by atoms with Crippen LogP contribution in [-0.4, -0.2) is 25.6 Å². The summed E-state index contributed by atoms with van der Waals surface area (Å²) in [5.74, 6) is 0.459. The van der Waals surface area contributed by atoms with Gasteiger partial charge in [0.25, 0.3) is 0 Å². The number of hydrogen-bond acceptors (Lipinski definition) is 3. The highest BCUT2D eigenvalue weighted by atomic mass is 16.7. The van der Waals surface area contributed by atoms with E-state index in [9.17, 15) is 0 Å². The Bertz CT molecular complexity index is 374. The summed E-state index contributed by atoms with van der Waals surface area (Å²) in [4.78, 5) is 0. The van der Waals surface area contributed by atoms with Gasteiger partial charge in [0, 0.05) is 6.42 Å². The van der Waals surface area contributed by atoms with Crippen molar-refractivity contribution in [3.63, 3.8) is 0 Å². The quantitative estimate of drug-likeness (QED) is 0.821. The SMILES string of the molecule is COc1ccc(CC[C@]2(C)OCC[C@H](C)O2)cc1. The van der Waals surface area contributed by atoms with Crippen molar-refractivity contribution in [2.45, 2.75) is 45.0 Å². The fraction of sp³-hybridized carbons (Fsp3) is 0.600. The molecule has 0 saturated carbocycles. The van der Waals surface area contributed by atoms with Gasteiger partial charge in [0.1, 0.15) is 5.75 Å². The zero-order valence-corrected chi connectivity index (χ0v) is 11.4. The topological polar surface area (TPSA) is 27.7 Å². The molecule has 1 aliphatic rings. The van der Waals surface area contributed by atoms with Crippen LogP contribution in [-0.2, 0) is 15.9 Å². The second kappa shape index (κ2) is 5.72. The normalized spacial score (nSPS) is 28.1. The van der Waals surface area contributed by atoms with Crippen LogP contribution in [0.3, 0.4) is 0 Å². The molecule has 3 nitrogen and oxygen atoms in total. The summed E-state index contributed by atoms with van der Waals surface area (Å²) in [6.45, 7) is 4.93. The Morgan fingerprint density at radius 3 is 2.67 bits per heavy atom. The summed E-state index contributed by atoms with van der Waals surface area (Å²) in [6, 6.07) is 8.16. The summed E-state index contributed by atoms with van der Waals surface area (Å²) < 4.78 is 16.8. The molecule has 0 N–H and O–H groups in total. The first kappa shape index (κ1) is 13.4. The highest BCUT2D eigenvalue weighted by molar-refractivity contribution is 5.27. The van der Waals surface area contributed by atoms with Crippen molar-refractivity contribution in [2.24, 2.45) is 0 Å².